The van der Waals surface area contributed by atoms with Gasteiger partial charge >= 0.3 is 12.2 Å². The lowest BCUT2D eigenvalue weighted by atomic mass is 9.98. The highest BCUT2D eigenvalue weighted by Crippen LogP contribution is 2.46. The van der Waals surface area contributed by atoms with Crippen LogP contribution >= 0.6 is 43.5 Å². The molecule has 6 aromatic carbocycles. The summed E-state index contributed by atoms with van der Waals surface area (Å²) >= 11 is 12.2. The summed E-state index contributed by atoms with van der Waals surface area (Å²) in [5.41, 5.74) is 26.5. The first kappa shape index (κ1) is 50.4. The van der Waals surface area contributed by atoms with Gasteiger partial charge in [-0.15, -0.1) is 0 Å². The van der Waals surface area contributed by atoms with Crippen LogP contribution < -0.4 is 22.5 Å². The number of halogens is 3. The second-order valence-electron chi connectivity index (χ2n) is 17.3. The fourth-order valence-electron chi connectivity index (χ4n) is 9.64. The smallest absolute Gasteiger partial charge is 0.410 e. The standard InChI is InChI=1S/C27H24BrN3O4.C20H18ClNO3.C7H7BrN2O/c28-16-11-12-21(25(29)32)23(14-16)30-26(33)24-10-5-13-31(24)27(34)35-15-22-19-8-3-1-6-17(19)18-7-2-4-9-20(18)22;21-19(23)18-10-5-11-22(18)20(24)25-12-17-15-8-3-1-6-13(15)14-7-2-4-9-16(14)17;8-4-1-2-5(7(10)11)6(9)3-4/h1-4,6-9,11-12,14,22,24H,5,10,13,15H2,(H2,29,32)(H,30,33);1-4,6-9,17-18H,5,10-12H2;1-3H,9H2,(H2,10,11). The van der Waals surface area contributed by atoms with E-state index in [-0.39, 0.29) is 36.5 Å². The van der Waals surface area contributed by atoms with Crippen LogP contribution in [0.15, 0.2) is 142 Å². The molecule has 14 nitrogen and oxygen atoms in total. The van der Waals surface area contributed by atoms with E-state index < -0.39 is 41.3 Å². The minimum Gasteiger partial charge on any atom is -0.448 e. The molecular formula is C54H49Br2ClN6O8. The largest absolute Gasteiger partial charge is 0.448 e. The number of nitrogens with one attached hydrogen (secondary N) is 1. The van der Waals surface area contributed by atoms with Gasteiger partial charge in [0, 0.05) is 39.6 Å². The number of carbonyl (C=O) groups excluding carboxylic acids is 6. The maximum Gasteiger partial charge on any atom is 0.410 e. The number of amides is 5. The Morgan fingerprint density at radius 2 is 0.958 bits per heavy atom. The summed E-state index contributed by atoms with van der Waals surface area (Å²) in [4.78, 5) is 75.4. The lowest BCUT2D eigenvalue weighted by Gasteiger charge is -2.25. The molecule has 0 saturated carbocycles. The van der Waals surface area contributed by atoms with Gasteiger partial charge in [-0.25, -0.2) is 9.59 Å². The maximum atomic E-state index is 13.1. The number of anilines is 2. The van der Waals surface area contributed by atoms with Crippen LogP contribution in [0.1, 0.15) is 80.5 Å². The van der Waals surface area contributed by atoms with Crippen LogP contribution in [0.3, 0.4) is 0 Å². The Hall–Kier alpha value is -7.01. The van der Waals surface area contributed by atoms with E-state index in [9.17, 15) is 28.8 Å². The molecule has 2 fully saturated rings. The van der Waals surface area contributed by atoms with Crippen LogP contribution in [-0.2, 0) is 19.1 Å². The number of carbonyl (C=O) groups is 6. The van der Waals surface area contributed by atoms with E-state index in [1.165, 1.54) is 32.1 Å². The lowest BCUT2D eigenvalue weighted by Crippen LogP contribution is -2.43. The fourth-order valence-corrected chi connectivity index (χ4v) is 10.6. The van der Waals surface area contributed by atoms with Crippen molar-refractivity contribution in [1.29, 1.82) is 0 Å². The van der Waals surface area contributed by atoms with Gasteiger partial charge in [-0.2, -0.15) is 0 Å². The molecule has 2 aliphatic heterocycles. The summed E-state index contributed by atoms with van der Waals surface area (Å²) in [6.07, 6.45) is 1.59. The van der Waals surface area contributed by atoms with Gasteiger partial charge in [0.25, 0.3) is 11.8 Å². The average molecular weight is 1110 g/mol. The summed E-state index contributed by atoms with van der Waals surface area (Å²) in [5.74, 6) is -1.57. The molecule has 364 valence electrons. The van der Waals surface area contributed by atoms with Crippen LogP contribution in [0.25, 0.3) is 22.3 Å². The molecule has 10 rings (SSSR count). The number of hydrogen-bond acceptors (Lipinski definition) is 9. The number of nitrogens with two attached hydrogens (primary N) is 3. The van der Waals surface area contributed by atoms with Crippen molar-refractivity contribution in [2.24, 2.45) is 11.5 Å². The van der Waals surface area contributed by atoms with Crippen LogP contribution in [0.2, 0.25) is 0 Å². The minimum atomic E-state index is -0.689. The van der Waals surface area contributed by atoms with Crippen molar-refractivity contribution in [3.63, 3.8) is 0 Å². The number of nitrogen functional groups attached to an aromatic ring is 1. The summed E-state index contributed by atoms with van der Waals surface area (Å²) in [5, 5.41) is 2.27. The van der Waals surface area contributed by atoms with Gasteiger partial charge in [0.2, 0.25) is 11.1 Å². The third kappa shape index (κ3) is 11.1. The molecule has 7 N–H and O–H groups in total. The predicted octanol–water partition coefficient (Wildman–Crippen LogP) is 10.2. The highest BCUT2D eigenvalue weighted by atomic mass is 79.9. The van der Waals surface area contributed by atoms with E-state index in [0.29, 0.717) is 53.8 Å². The molecule has 0 bridgehead atoms. The average Bonchev–Trinajstić information content (AvgIpc) is 4.18. The van der Waals surface area contributed by atoms with Crippen molar-refractivity contribution in [3.05, 3.63) is 176 Å². The molecule has 0 spiro atoms. The van der Waals surface area contributed by atoms with E-state index in [4.69, 9.17) is 38.3 Å². The fraction of sp³-hybridized carbons (Fsp3) is 0.222. The topological polar surface area (TPSA) is 217 Å². The first-order valence-corrected chi connectivity index (χ1v) is 24.9. The molecular weight excluding hydrogens is 1060 g/mol. The van der Waals surface area contributed by atoms with E-state index in [1.54, 1.807) is 36.4 Å². The van der Waals surface area contributed by atoms with Gasteiger partial charge in [0.05, 0.1) is 16.8 Å². The monoisotopic (exact) mass is 1100 g/mol. The molecule has 17 heteroatoms. The Bertz CT molecular complexity index is 2950. The normalized spacial score (nSPS) is 16.2. The highest BCUT2D eigenvalue weighted by molar-refractivity contribution is 9.10. The SMILES string of the molecule is NC(=O)c1ccc(Br)cc1N.NC(=O)c1ccc(Br)cc1NC(=O)C1CCCN1C(=O)OCC1c2ccccc2-c2ccccc21.O=C(Cl)C1CCCN1C(=O)OCC1c2ccccc2-c2ccccc21. The summed E-state index contributed by atoms with van der Waals surface area (Å²) in [6, 6.07) is 41.2. The quantitative estimate of drug-likeness (QED) is 0.0799. The first-order chi connectivity index (χ1) is 34.2. The lowest BCUT2D eigenvalue weighted by molar-refractivity contribution is -0.120. The summed E-state index contributed by atoms with van der Waals surface area (Å²) in [7, 11) is 0. The first-order valence-electron chi connectivity index (χ1n) is 22.9. The Morgan fingerprint density at radius 3 is 1.38 bits per heavy atom. The summed E-state index contributed by atoms with van der Waals surface area (Å²) in [6.45, 7) is 1.39. The van der Waals surface area contributed by atoms with Gasteiger partial charge in [-0.3, -0.25) is 29.0 Å². The van der Waals surface area contributed by atoms with Gasteiger partial charge in [-0.05, 0) is 118 Å². The molecule has 4 aliphatic rings. The van der Waals surface area contributed by atoms with Crippen LogP contribution in [-0.4, -0.2) is 83.3 Å². The van der Waals surface area contributed by atoms with Crippen molar-refractivity contribution in [1.82, 2.24) is 9.80 Å². The number of benzene rings is 6. The van der Waals surface area contributed by atoms with Crippen LogP contribution in [0, 0.1) is 0 Å². The third-order valence-electron chi connectivity index (χ3n) is 13.0. The molecule has 0 aromatic heterocycles. The zero-order valence-corrected chi connectivity index (χ0v) is 42.1. The molecule has 71 heavy (non-hydrogen) atoms. The van der Waals surface area contributed by atoms with Crippen molar-refractivity contribution >= 4 is 90.0 Å². The Morgan fingerprint density at radius 1 is 0.563 bits per heavy atom. The highest BCUT2D eigenvalue weighted by Gasteiger charge is 2.38. The van der Waals surface area contributed by atoms with Crippen molar-refractivity contribution in [2.45, 2.75) is 49.6 Å². The molecule has 2 heterocycles. The Labute approximate surface area is 432 Å². The van der Waals surface area contributed by atoms with Crippen molar-refractivity contribution in [2.75, 3.05) is 37.4 Å². The van der Waals surface area contributed by atoms with Gasteiger partial charge in [0.15, 0.2) is 0 Å². The summed E-state index contributed by atoms with van der Waals surface area (Å²) < 4.78 is 12.9. The molecule has 0 radical (unpaired) electrons. The predicted molar refractivity (Wildman–Crippen MR) is 279 cm³/mol. The van der Waals surface area contributed by atoms with E-state index >= 15 is 0 Å². The number of nitrogens with zero attached hydrogens (tertiary/aromatic N) is 2. The zero-order valence-electron chi connectivity index (χ0n) is 38.2. The molecule has 6 aromatic rings. The van der Waals surface area contributed by atoms with Crippen molar-refractivity contribution in [3.8, 4) is 22.3 Å². The molecule has 5 amide bonds. The maximum absolute atomic E-state index is 13.1. The number of primary amides is 2. The number of hydrogen-bond donors (Lipinski definition) is 4. The van der Waals surface area contributed by atoms with Gasteiger partial charge in [0.1, 0.15) is 25.3 Å². The van der Waals surface area contributed by atoms with E-state index in [0.717, 1.165) is 33.1 Å². The second kappa shape index (κ2) is 22.4. The Balaban J connectivity index is 0.000000163. The van der Waals surface area contributed by atoms with Crippen LogP contribution in [0.5, 0.6) is 0 Å². The molecule has 2 aliphatic carbocycles. The molecule has 2 atom stereocenters. The van der Waals surface area contributed by atoms with Gasteiger partial charge in [-0.1, -0.05) is 129 Å². The van der Waals surface area contributed by atoms with E-state index in [1.807, 2.05) is 48.5 Å². The number of rotatable bonds is 9. The van der Waals surface area contributed by atoms with Gasteiger partial charge < -0.3 is 32.0 Å². The van der Waals surface area contributed by atoms with Crippen LogP contribution in [0.4, 0.5) is 21.0 Å². The number of fused-ring (bicyclic) bond motifs is 6. The zero-order chi connectivity index (χ0) is 50.3. The minimum absolute atomic E-state index is 0.0177. The van der Waals surface area contributed by atoms with Crippen molar-refractivity contribution < 1.29 is 38.2 Å². The molecule has 2 saturated heterocycles. The third-order valence-corrected chi connectivity index (χ3v) is 14.2. The van der Waals surface area contributed by atoms with E-state index in [2.05, 4.69) is 85.7 Å². The second-order valence-corrected chi connectivity index (χ2v) is 19.5. The molecule has 2 unspecified atom stereocenters. The Kier molecular flexibility index (Phi) is 15.9. The number of ether oxygens (including phenoxy) is 2. The number of likely N-dealkylation sites (tertiary alicyclic amines) is 2.